The zero-order chi connectivity index (χ0) is 50.1. The average molecular weight is 1570 g/mol. The van der Waals surface area contributed by atoms with Crippen LogP contribution in [0.25, 0.3) is 10.8 Å². The Balaban J connectivity index is -0.0000000207. The Labute approximate surface area is 472 Å². The summed E-state index contributed by atoms with van der Waals surface area (Å²) in [6, 6.07) is 40.5. The first kappa shape index (κ1) is 131. The predicted octanol–water partition coefficient (Wildman–Crippen LogP) is 24.4. The molecule has 0 unspecified atom stereocenters. The molecular formula is C61H121NOReRfRhRuS-3. The summed E-state index contributed by atoms with van der Waals surface area (Å²) in [5.41, 5.74) is 2.39. The summed E-state index contributed by atoms with van der Waals surface area (Å²) in [6.45, 7) is 56.1. The summed E-state index contributed by atoms with van der Waals surface area (Å²) < 4.78 is 4.58. The number of furan rings is 1. The predicted molar refractivity (Wildman–Crippen MR) is 320 cm³/mol. The van der Waals surface area contributed by atoms with Gasteiger partial charge < -0.3 is 34.1 Å². The van der Waals surface area contributed by atoms with E-state index in [4.69, 9.17) is 0 Å². The van der Waals surface area contributed by atoms with Gasteiger partial charge in [0.25, 0.3) is 0 Å². The van der Waals surface area contributed by atoms with Gasteiger partial charge in [-0.1, -0.05) is 283 Å². The van der Waals surface area contributed by atoms with E-state index in [2.05, 4.69) is 77.0 Å². The number of rotatable bonds is 0. The standard InChI is InChI=1S/C10H8.C7H8.C6H7N.C4H4O.C4H4S.13C2H6.4CH3.Re.Rf.Rh.Ru/c1-2-6-10-8-4-3-7-9(10)5-1;1-7-5-3-2-4-6-7;1-6-4-2-3-5-7-6;2*1-2-4-5-3-1;13*1-2;;;;;;;;/h1-8H;2-6H,1H3;2-5H,1H3;2*1-4H;13*1-2H3;4*1H3;;;;/q;;;;;;;;;;;;;;;;;;4*-1;;;;+1. The maximum Gasteiger partial charge on any atom is 1.00 e. The monoisotopic (exact) mass is 1570 g/mol. The molecule has 68 heavy (non-hydrogen) atoms. The Kier molecular flexibility index (Phi) is 359. The van der Waals surface area contributed by atoms with Crippen molar-refractivity contribution in [3.8, 4) is 0 Å². The number of aromatic nitrogens is 1. The third-order valence-electron chi connectivity index (χ3n) is 4.26. The van der Waals surface area contributed by atoms with Crippen LogP contribution in [0.2, 0.25) is 0 Å². The van der Waals surface area contributed by atoms with Crippen molar-refractivity contribution in [2.24, 2.45) is 0 Å². The van der Waals surface area contributed by atoms with Crippen molar-refractivity contribution in [1.29, 1.82) is 0 Å². The number of thiophene rings is 1. The van der Waals surface area contributed by atoms with Crippen LogP contribution < -0.4 is 0 Å². The van der Waals surface area contributed by atoms with Crippen LogP contribution in [0.4, 0.5) is 0 Å². The molecule has 0 spiro atoms. The first-order valence-electron chi connectivity index (χ1n) is 24.0. The molecule has 411 valence electrons. The van der Waals surface area contributed by atoms with Crippen LogP contribution in [0.3, 0.4) is 0 Å². The molecule has 7 heteroatoms. The molecule has 0 bridgehead atoms. The number of nitrogens with zero attached hydrogens (tertiary/aromatic N) is 1. The molecule has 0 amide bonds. The zero-order valence-electron chi connectivity index (χ0n) is 51.5. The third kappa shape index (κ3) is 144. The van der Waals surface area contributed by atoms with Gasteiger partial charge in [0.05, 0.1) is 12.5 Å². The second-order valence-electron chi connectivity index (χ2n) is 7.06. The number of fused-ring (bicyclic) bond motifs is 1. The van der Waals surface area contributed by atoms with Gasteiger partial charge in [0.15, 0.2) is 0 Å². The quantitative estimate of drug-likeness (QED) is 0.112. The number of hydrogen-bond acceptors (Lipinski definition) is 3. The molecular weight excluding hydrogens is 1450 g/mol. The van der Waals surface area contributed by atoms with Crippen molar-refractivity contribution in [1.82, 2.24) is 4.98 Å². The minimum absolute atomic E-state index is 0. The van der Waals surface area contributed by atoms with Crippen molar-refractivity contribution in [3.05, 3.63) is 192 Å². The summed E-state index contributed by atoms with van der Waals surface area (Å²) in [6.07, 6.45) is 5.04. The maximum atomic E-state index is 4.58. The van der Waals surface area contributed by atoms with Crippen molar-refractivity contribution in [2.75, 3.05) is 0 Å². The van der Waals surface area contributed by atoms with Gasteiger partial charge in [-0.2, -0.15) is 11.3 Å². The fourth-order valence-corrected chi connectivity index (χ4v) is 3.02. The smallest absolute Gasteiger partial charge is 0.473 e. The Morgan fingerprint density at radius 3 is 0.735 bits per heavy atom. The van der Waals surface area contributed by atoms with E-state index in [-0.39, 0.29) is 89.1 Å². The van der Waals surface area contributed by atoms with Crippen molar-refractivity contribution >= 4 is 22.1 Å². The molecule has 3 aromatic heterocycles. The van der Waals surface area contributed by atoms with Crippen LogP contribution in [0, 0.1) is 43.6 Å². The Hall–Kier alpha value is -3.04. The minimum Gasteiger partial charge on any atom is -0.473 e. The molecule has 3 radical (unpaired) electrons. The topological polar surface area (TPSA) is 26.0 Å². The summed E-state index contributed by atoms with van der Waals surface area (Å²) in [7, 11) is 0. The van der Waals surface area contributed by atoms with E-state index >= 15 is 0 Å². The molecule has 3 heterocycles. The average Bonchev–Trinajstić information content (AvgIpc) is 4.20. The number of benzene rings is 3. The van der Waals surface area contributed by atoms with Gasteiger partial charge in [0.2, 0.25) is 0 Å². The van der Waals surface area contributed by atoms with Crippen molar-refractivity contribution < 1.29 is 63.8 Å². The Morgan fingerprint density at radius 2 is 0.603 bits per heavy atom. The van der Waals surface area contributed by atoms with Gasteiger partial charge in [-0.25, -0.2) is 0 Å². The first-order valence-corrected chi connectivity index (χ1v) is 25.0. The summed E-state index contributed by atoms with van der Waals surface area (Å²) in [5.74, 6) is 0. The van der Waals surface area contributed by atoms with Crippen LogP contribution in [0.15, 0.2) is 155 Å². The molecule has 3 aromatic carbocycles. The molecule has 6 rings (SSSR count). The Morgan fingerprint density at radius 1 is 0.353 bits per heavy atom. The second-order valence-corrected chi connectivity index (χ2v) is 7.88. The van der Waals surface area contributed by atoms with Gasteiger partial charge in [-0.05, 0) is 59.6 Å². The fourth-order valence-electron chi connectivity index (χ4n) is 2.57. The fraction of sp³-hybridized carbons (Fsp3) is 0.459. The van der Waals surface area contributed by atoms with Crippen LogP contribution in [-0.2, 0) is 59.4 Å². The first-order chi connectivity index (χ1) is 29.8. The van der Waals surface area contributed by atoms with E-state index in [9.17, 15) is 0 Å². The molecule has 0 fully saturated rings. The van der Waals surface area contributed by atoms with E-state index in [1.54, 1.807) is 30.1 Å². The SMILES string of the molecule is CC.CC.CC.CC.CC.CC.CC.CC.CC.CC.CC.CC.CC.Cc1ccccc1.Cc1ccccn1.[CH3-].[CH3-].[CH3-].[CH3-].[Re].[Rf].[Rh].[Ru+].c1ccc2ccccc2c1.c1ccoc1.c1ccsc1. The number of hydrogen-bond donors (Lipinski definition) is 0. The van der Waals surface area contributed by atoms with Gasteiger partial charge in [0, 0.05) is 51.8 Å². The van der Waals surface area contributed by atoms with Crippen molar-refractivity contribution in [2.45, 2.75) is 194 Å². The summed E-state index contributed by atoms with van der Waals surface area (Å²) >= 11 is 1.71. The van der Waals surface area contributed by atoms with Crippen LogP contribution >= 0.6 is 11.3 Å². The van der Waals surface area contributed by atoms with Crippen LogP contribution in [-0.4, -0.2) is 4.98 Å². The van der Waals surface area contributed by atoms with Gasteiger partial charge in [-0.3, -0.25) is 4.98 Å². The van der Waals surface area contributed by atoms with E-state index in [1.165, 1.54) is 16.3 Å². The van der Waals surface area contributed by atoms with E-state index in [1.807, 2.05) is 258 Å². The molecule has 0 saturated heterocycles. The molecule has 0 aliphatic carbocycles. The van der Waals surface area contributed by atoms with Gasteiger partial charge >= 0.3 is 19.5 Å². The van der Waals surface area contributed by atoms with Crippen molar-refractivity contribution in [3.63, 3.8) is 0 Å². The van der Waals surface area contributed by atoms with E-state index < -0.39 is 0 Å². The molecule has 0 aliphatic heterocycles. The van der Waals surface area contributed by atoms with E-state index in [0.29, 0.717) is 0 Å². The second kappa shape index (κ2) is 186. The summed E-state index contributed by atoms with van der Waals surface area (Å²) in [5, 5.41) is 6.70. The van der Waals surface area contributed by atoms with Gasteiger partial charge in [-0.15, -0.1) is 0 Å². The molecule has 0 N–H and O–H groups in total. The maximum absolute atomic E-state index is 4.58. The molecule has 0 aliphatic rings. The molecule has 2 nitrogen and oxygen atoms in total. The zero-order valence-corrected chi connectivity index (χ0v) is 64.8. The molecule has 0 saturated carbocycles. The molecule has 6 aromatic rings. The number of aryl methyl sites for hydroxylation is 2. The van der Waals surface area contributed by atoms with E-state index in [0.717, 1.165) is 5.69 Å². The van der Waals surface area contributed by atoms with Gasteiger partial charge in [0.1, 0.15) is 0 Å². The van der Waals surface area contributed by atoms with Crippen LogP contribution in [0.5, 0.6) is 0 Å². The minimum atomic E-state index is 0. The molecule has 0 atom stereocenters. The normalized spacial score (nSPS) is 5.59. The third-order valence-corrected chi connectivity index (χ3v) is 4.89. The Bertz CT molecular complexity index is 1070. The van der Waals surface area contributed by atoms with Crippen LogP contribution in [0.1, 0.15) is 191 Å². The summed E-state index contributed by atoms with van der Waals surface area (Å²) in [4.78, 5) is 3.98. The largest absolute Gasteiger partial charge is 1.00 e. The number of pyridine rings is 1.